The summed E-state index contributed by atoms with van der Waals surface area (Å²) >= 11 is 0. The van der Waals surface area contributed by atoms with Crippen LogP contribution in [0.25, 0.3) is 0 Å². The van der Waals surface area contributed by atoms with E-state index >= 15 is 0 Å². The third-order valence-corrected chi connectivity index (χ3v) is 4.81. The summed E-state index contributed by atoms with van der Waals surface area (Å²) in [5.74, 6) is 2.16. The van der Waals surface area contributed by atoms with Crippen molar-refractivity contribution < 1.29 is 19.0 Å². The molecule has 0 radical (unpaired) electrons. The fourth-order valence-electron chi connectivity index (χ4n) is 3.30. The summed E-state index contributed by atoms with van der Waals surface area (Å²) in [5, 5.41) is 0. The molecule has 1 saturated heterocycles. The summed E-state index contributed by atoms with van der Waals surface area (Å²) in [6.45, 7) is 6.57. The van der Waals surface area contributed by atoms with Gasteiger partial charge in [-0.1, -0.05) is 30.3 Å². The highest BCUT2D eigenvalue weighted by atomic mass is 16.5. The van der Waals surface area contributed by atoms with E-state index in [1.165, 1.54) is 5.56 Å². The Balaban J connectivity index is 1.48. The number of piperazine rings is 1. The van der Waals surface area contributed by atoms with E-state index in [0.717, 1.165) is 25.4 Å². The van der Waals surface area contributed by atoms with Crippen molar-refractivity contribution in [2.45, 2.75) is 13.5 Å². The van der Waals surface area contributed by atoms with E-state index in [1.54, 1.807) is 13.2 Å². The Bertz CT molecular complexity index is 773. The number of hydrogen-bond donors (Lipinski definition) is 0. The Hall–Kier alpha value is -2.73. The maximum absolute atomic E-state index is 12.5. The second-order valence-corrected chi connectivity index (χ2v) is 6.64. The van der Waals surface area contributed by atoms with Crippen LogP contribution in [0.15, 0.2) is 48.5 Å². The molecule has 1 aliphatic heterocycles. The van der Waals surface area contributed by atoms with Crippen LogP contribution in [0.4, 0.5) is 0 Å². The van der Waals surface area contributed by atoms with E-state index < -0.39 is 0 Å². The Morgan fingerprint density at radius 3 is 2.21 bits per heavy atom. The van der Waals surface area contributed by atoms with E-state index in [9.17, 15) is 4.79 Å². The number of amides is 1. The van der Waals surface area contributed by atoms with Crippen molar-refractivity contribution in [2.75, 3.05) is 46.5 Å². The first-order valence-electron chi connectivity index (χ1n) is 9.68. The molecule has 1 fully saturated rings. The minimum Gasteiger partial charge on any atom is -0.494 e. The number of hydrogen-bond acceptors (Lipinski definition) is 5. The number of carbonyl (C=O) groups excluding carboxylic acids is 1. The van der Waals surface area contributed by atoms with Gasteiger partial charge in [0.1, 0.15) is 5.75 Å². The molecule has 0 unspecified atom stereocenters. The lowest BCUT2D eigenvalue weighted by Gasteiger charge is -2.35. The first kappa shape index (κ1) is 20.0. The minimum atomic E-state index is 0.000252. The van der Waals surface area contributed by atoms with Crippen LogP contribution in [0, 0.1) is 0 Å². The van der Waals surface area contributed by atoms with E-state index in [0.29, 0.717) is 31.2 Å². The fourth-order valence-corrected chi connectivity index (χ4v) is 3.30. The third kappa shape index (κ3) is 5.16. The topological polar surface area (TPSA) is 51.2 Å². The molecule has 3 rings (SSSR count). The summed E-state index contributed by atoms with van der Waals surface area (Å²) in [6, 6.07) is 15.5. The minimum absolute atomic E-state index is 0.000252. The number of nitrogens with zero attached hydrogens (tertiary/aromatic N) is 2. The van der Waals surface area contributed by atoms with Crippen LogP contribution in [0.1, 0.15) is 12.5 Å². The highest BCUT2D eigenvalue weighted by molar-refractivity contribution is 5.78. The van der Waals surface area contributed by atoms with Gasteiger partial charge in [0.2, 0.25) is 0 Å². The number of ether oxygens (including phenoxy) is 3. The Kier molecular flexibility index (Phi) is 7.14. The number of methoxy groups -OCH3 is 1. The molecular weight excluding hydrogens is 356 g/mol. The molecule has 150 valence electrons. The van der Waals surface area contributed by atoms with E-state index in [-0.39, 0.29) is 12.5 Å². The molecule has 0 spiro atoms. The van der Waals surface area contributed by atoms with Gasteiger partial charge < -0.3 is 19.1 Å². The average molecular weight is 384 g/mol. The highest BCUT2D eigenvalue weighted by Crippen LogP contribution is 2.26. The highest BCUT2D eigenvalue weighted by Gasteiger charge is 2.22. The number of benzene rings is 2. The van der Waals surface area contributed by atoms with Gasteiger partial charge in [-0.25, -0.2) is 0 Å². The van der Waals surface area contributed by atoms with Gasteiger partial charge in [-0.05, 0) is 25.1 Å². The SMILES string of the molecule is CCOc1ccccc1CN1CCN(C(=O)COc2ccccc2OC)CC1. The van der Waals surface area contributed by atoms with Gasteiger partial charge in [-0.3, -0.25) is 9.69 Å². The van der Waals surface area contributed by atoms with Crippen LogP contribution in [0.5, 0.6) is 17.2 Å². The van der Waals surface area contributed by atoms with E-state index in [2.05, 4.69) is 11.0 Å². The van der Waals surface area contributed by atoms with Gasteiger partial charge in [0.15, 0.2) is 18.1 Å². The molecule has 0 aromatic heterocycles. The van der Waals surface area contributed by atoms with Gasteiger partial charge in [0.25, 0.3) is 5.91 Å². The van der Waals surface area contributed by atoms with Gasteiger partial charge in [0.05, 0.1) is 13.7 Å². The van der Waals surface area contributed by atoms with E-state index in [1.807, 2.05) is 48.2 Å². The van der Waals surface area contributed by atoms with Crippen molar-refractivity contribution >= 4 is 5.91 Å². The fraction of sp³-hybridized carbons (Fsp3) is 0.409. The lowest BCUT2D eigenvalue weighted by atomic mass is 10.1. The number of carbonyl (C=O) groups is 1. The molecule has 0 atom stereocenters. The van der Waals surface area contributed by atoms with Gasteiger partial charge in [-0.15, -0.1) is 0 Å². The largest absolute Gasteiger partial charge is 0.494 e. The van der Waals surface area contributed by atoms with Gasteiger partial charge in [-0.2, -0.15) is 0 Å². The zero-order valence-corrected chi connectivity index (χ0v) is 16.6. The molecule has 1 aliphatic rings. The molecule has 1 amide bonds. The molecular formula is C22H28N2O4. The van der Waals surface area contributed by atoms with Gasteiger partial charge in [0, 0.05) is 38.3 Å². The normalized spacial score (nSPS) is 14.6. The molecule has 0 N–H and O–H groups in total. The first-order valence-corrected chi connectivity index (χ1v) is 9.68. The van der Waals surface area contributed by atoms with E-state index in [4.69, 9.17) is 14.2 Å². The summed E-state index contributed by atoms with van der Waals surface area (Å²) in [7, 11) is 1.59. The monoisotopic (exact) mass is 384 g/mol. The maximum atomic E-state index is 12.5. The third-order valence-electron chi connectivity index (χ3n) is 4.81. The first-order chi connectivity index (χ1) is 13.7. The Morgan fingerprint density at radius 1 is 0.893 bits per heavy atom. The summed E-state index contributed by atoms with van der Waals surface area (Å²) < 4.78 is 16.6. The second-order valence-electron chi connectivity index (χ2n) is 6.64. The lowest BCUT2D eigenvalue weighted by Crippen LogP contribution is -2.49. The molecule has 0 saturated carbocycles. The average Bonchev–Trinajstić information content (AvgIpc) is 2.74. The van der Waals surface area contributed by atoms with Crippen LogP contribution in [0.3, 0.4) is 0 Å². The van der Waals surface area contributed by atoms with Crippen molar-refractivity contribution in [2.24, 2.45) is 0 Å². The van der Waals surface area contributed by atoms with Crippen LogP contribution in [-0.2, 0) is 11.3 Å². The van der Waals surface area contributed by atoms with Crippen molar-refractivity contribution in [3.05, 3.63) is 54.1 Å². The summed E-state index contributed by atoms with van der Waals surface area (Å²) in [6.07, 6.45) is 0. The van der Waals surface area contributed by atoms with Crippen molar-refractivity contribution in [3.63, 3.8) is 0 Å². The maximum Gasteiger partial charge on any atom is 0.260 e. The predicted molar refractivity (Wildman–Crippen MR) is 108 cm³/mol. The van der Waals surface area contributed by atoms with Crippen LogP contribution < -0.4 is 14.2 Å². The smallest absolute Gasteiger partial charge is 0.260 e. The molecule has 2 aromatic rings. The molecule has 6 nitrogen and oxygen atoms in total. The molecule has 28 heavy (non-hydrogen) atoms. The Morgan fingerprint density at radius 2 is 1.54 bits per heavy atom. The van der Waals surface area contributed by atoms with Crippen molar-refractivity contribution in [3.8, 4) is 17.2 Å². The van der Waals surface area contributed by atoms with Crippen molar-refractivity contribution in [1.82, 2.24) is 9.80 Å². The summed E-state index contributed by atoms with van der Waals surface area (Å²) in [5.41, 5.74) is 1.18. The molecule has 0 bridgehead atoms. The van der Waals surface area contributed by atoms with Crippen LogP contribution in [-0.4, -0.2) is 62.2 Å². The molecule has 1 heterocycles. The quantitative estimate of drug-likeness (QED) is 0.701. The lowest BCUT2D eigenvalue weighted by molar-refractivity contribution is -0.135. The summed E-state index contributed by atoms with van der Waals surface area (Å²) in [4.78, 5) is 16.7. The molecule has 6 heteroatoms. The Labute approximate surface area is 166 Å². The molecule has 2 aromatic carbocycles. The zero-order valence-electron chi connectivity index (χ0n) is 16.6. The number of rotatable bonds is 8. The van der Waals surface area contributed by atoms with Crippen LogP contribution >= 0.6 is 0 Å². The number of para-hydroxylation sites is 3. The van der Waals surface area contributed by atoms with Crippen LogP contribution in [0.2, 0.25) is 0 Å². The zero-order chi connectivity index (χ0) is 19.8. The standard InChI is InChI=1S/C22H28N2O4/c1-3-27-19-9-5-4-8-18(19)16-23-12-14-24(15-13-23)22(25)17-28-21-11-7-6-10-20(21)26-2/h4-11H,3,12-17H2,1-2H3. The molecule has 0 aliphatic carbocycles. The van der Waals surface area contributed by atoms with Crippen molar-refractivity contribution in [1.29, 1.82) is 0 Å². The second kappa shape index (κ2) is 9.99. The van der Waals surface area contributed by atoms with Gasteiger partial charge >= 0.3 is 0 Å². The predicted octanol–water partition coefficient (Wildman–Crippen LogP) is 2.82.